The number of carbonyl (C=O) groups is 2. The summed E-state index contributed by atoms with van der Waals surface area (Å²) in [5.74, 6) is -0.198. The minimum Gasteiger partial charge on any atom is -0.346 e. The molecule has 0 aliphatic carbocycles. The van der Waals surface area contributed by atoms with E-state index >= 15 is 0 Å². The number of rotatable bonds is 6. The van der Waals surface area contributed by atoms with E-state index in [1.165, 1.54) is 0 Å². The van der Waals surface area contributed by atoms with Crippen molar-refractivity contribution in [1.29, 1.82) is 0 Å². The Hall–Kier alpha value is -2.62. The zero-order chi connectivity index (χ0) is 16.7. The predicted molar refractivity (Wildman–Crippen MR) is 92.3 cm³/mol. The summed E-state index contributed by atoms with van der Waals surface area (Å²) in [6.07, 6.45) is 1.27. The second kappa shape index (κ2) is 8.13. The van der Waals surface area contributed by atoms with Gasteiger partial charge in [-0.1, -0.05) is 43.3 Å². The molecule has 2 amide bonds. The first kappa shape index (κ1) is 16.7. The quantitative estimate of drug-likeness (QED) is 0.849. The van der Waals surface area contributed by atoms with Gasteiger partial charge in [-0.2, -0.15) is 0 Å². The fourth-order valence-electron chi connectivity index (χ4n) is 2.29. The van der Waals surface area contributed by atoms with E-state index < -0.39 is 0 Å². The van der Waals surface area contributed by atoms with Crippen molar-refractivity contribution in [3.8, 4) is 0 Å². The molecule has 0 aliphatic heterocycles. The summed E-state index contributed by atoms with van der Waals surface area (Å²) < 4.78 is 0. The van der Waals surface area contributed by atoms with Gasteiger partial charge in [0.25, 0.3) is 5.91 Å². The molecule has 0 radical (unpaired) electrons. The Labute approximate surface area is 136 Å². The van der Waals surface area contributed by atoms with Gasteiger partial charge in [-0.05, 0) is 37.1 Å². The Morgan fingerprint density at radius 2 is 1.78 bits per heavy atom. The first-order chi connectivity index (χ1) is 11.1. The molecule has 120 valence electrons. The minimum atomic E-state index is -0.159. The third kappa shape index (κ3) is 4.95. The van der Waals surface area contributed by atoms with E-state index in [9.17, 15) is 9.59 Å². The Morgan fingerprint density at radius 3 is 2.48 bits per heavy atom. The lowest BCUT2D eigenvalue weighted by molar-refractivity contribution is -0.116. The van der Waals surface area contributed by atoms with Crippen LogP contribution in [-0.2, 0) is 4.79 Å². The summed E-state index contributed by atoms with van der Waals surface area (Å²) in [6, 6.07) is 16.7. The SMILES string of the molecule is CCCC(=O)Nc1cccc(C(=O)NC(C)c2ccccc2)c1. The number of hydrogen-bond acceptors (Lipinski definition) is 2. The van der Waals surface area contributed by atoms with Gasteiger partial charge in [-0.25, -0.2) is 0 Å². The average molecular weight is 310 g/mol. The van der Waals surface area contributed by atoms with Crippen LogP contribution < -0.4 is 10.6 Å². The highest BCUT2D eigenvalue weighted by Gasteiger charge is 2.12. The summed E-state index contributed by atoms with van der Waals surface area (Å²) in [5.41, 5.74) is 2.22. The van der Waals surface area contributed by atoms with E-state index in [0.29, 0.717) is 17.7 Å². The van der Waals surface area contributed by atoms with Crippen LogP contribution in [0.4, 0.5) is 5.69 Å². The topological polar surface area (TPSA) is 58.2 Å². The Bertz CT molecular complexity index is 668. The molecule has 2 rings (SSSR count). The van der Waals surface area contributed by atoms with Gasteiger partial charge in [-0.15, -0.1) is 0 Å². The summed E-state index contributed by atoms with van der Waals surface area (Å²) in [7, 11) is 0. The third-order valence-corrected chi connectivity index (χ3v) is 3.53. The van der Waals surface area contributed by atoms with Crippen LogP contribution in [0.15, 0.2) is 54.6 Å². The highest BCUT2D eigenvalue weighted by atomic mass is 16.2. The lowest BCUT2D eigenvalue weighted by atomic mass is 10.1. The van der Waals surface area contributed by atoms with Gasteiger partial charge < -0.3 is 10.6 Å². The van der Waals surface area contributed by atoms with Crippen LogP contribution in [0.3, 0.4) is 0 Å². The molecule has 0 fully saturated rings. The number of hydrogen-bond donors (Lipinski definition) is 2. The molecule has 2 N–H and O–H groups in total. The lowest BCUT2D eigenvalue weighted by Gasteiger charge is -2.15. The lowest BCUT2D eigenvalue weighted by Crippen LogP contribution is -2.26. The van der Waals surface area contributed by atoms with Crippen LogP contribution in [-0.4, -0.2) is 11.8 Å². The highest BCUT2D eigenvalue weighted by molar-refractivity contribution is 5.97. The monoisotopic (exact) mass is 310 g/mol. The molecule has 0 heterocycles. The molecule has 0 aromatic heterocycles. The normalized spacial score (nSPS) is 11.6. The van der Waals surface area contributed by atoms with Crippen molar-refractivity contribution in [1.82, 2.24) is 5.32 Å². The summed E-state index contributed by atoms with van der Waals surface area (Å²) in [6.45, 7) is 3.90. The van der Waals surface area contributed by atoms with Gasteiger partial charge in [0.15, 0.2) is 0 Å². The standard InChI is InChI=1S/C19H22N2O2/c1-3-8-18(22)21-17-12-7-11-16(13-17)19(23)20-14(2)15-9-5-4-6-10-15/h4-7,9-14H,3,8H2,1-2H3,(H,20,23)(H,21,22). The summed E-state index contributed by atoms with van der Waals surface area (Å²) in [4.78, 5) is 24.0. The average Bonchev–Trinajstić information content (AvgIpc) is 2.56. The second-order valence-corrected chi connectivity index (χ2v) is 5.48. The van der Waals surface area contributed by atoms with Crippen LogP contribution >= 0.6 is 0 Å². The smallest absolute Gasteiger partial charge is 0.251 e. The molecule has 0 saturated heterocycles. The Balaban J connectivity index is 2.03. The first-order valence-electron chi connectivity index (χ1n) is 7.86. The molecule has 4 heteroatoms. The van der Waals surface area contributed by atoms with Gasteiger partial charge in [0.2, 0.25) is 5.91 Å². The van der Waals surface area contributed by atoms with Crippen LogP contribution in [0.25, 0.3) is 0 Å². The number of benzene rings is 2. The van der Waals surface area contributed by atoms with E-state index in [1.54, 1.807) is 24.3 Å². The predicted octanol–water partition coefficient (Wildman–Crippen LogP) is 3.92. The van der Waals surface area contributed by atoms with Crippen molar-refractivity contribution >= 4 is 17.5 Å². The van der Waals surface area contributed by atoms with Crippen molar-refractivity contribution in [3.63, 3.8) is 0 Å². The maximum Gasteiger partial charge on any atom is 0.251 e. The molecule has 0 saturated carbocycles. The minimum absolute atomic E-state index is 0.0392. The van der Waals surface area contributed by atoms with Crippen molar-refractivity contribution < 1.29 is 9.59 Å². The fraction of sp³-hybridized carbons (Fsp3) is 0.263. The summed E-state index contributed by atoms with van der Waals surface area (Å²) >= 11 is 0. The van der Waals surface area contributed by atoms with E-state index in [2.05, 4.69) is 10.6 Å². The van der Waals surface area contributed by atoms with E-state index in [4.69, 9.17) is 0 Å². The van der Waals surface area contributed by atoms with E-state index in [0.717, 1.165) is 12.0 Å². The molecular formula is C19H22N2O2. The molecule has 2 aromatic carbocycles. The molecule has 4 nitrogen and oxygen atoms in total. The molecular weight excluding hydrogens is 288 g/mol. The van der Waals surface area contributed by atoms with Gasteiger partial charge in [-0.3, -0.25) is 9.59 Å². The number of amides is 2. The van der Waals surface area contributed by atoms with Gasteiger partial charge in [0, 0.05) is 17.7 Å². The van der Waals surface area contributed by atoms with E-state index in [1.807, 2.05) is 44.2 Å². The van der Waals surface area contributed by atoms with Crippen LogP contribution in [0, 0.1) is 0 Å². The first-order valence-corrected chi connectivity index (χ1v) is 7.86. The van der Waals surface area contributed by atoms with Crippen molar-refractivity contribution in [3.05, 3.63) is 65.7 Å². The summed E-state index contributed by atoms with van der Waals surface area (Å²) in [5, 5.41) is 5.77. The van der Waals surface area contributed by atoms with Crippen LogP contribution in [0.5, 0.6) is 0 Å². The maximum atomic E-state index is 12.4. The fourth-order valence-corrected chi connectivity index (χ4v) is 2.29. The maximum absolute atomic E-state index is 12.4. The molecule has 2 aromatic rings. The van der Waals surface area contributed by atoms with Crippen molar-refractivity contribution in [2.45, 2.75) is 32.7 Å². The molecule has 23 heavy (non-hydrogen) atoms. The molecule has 1 atom stereocenters. The van der Waals surface area contributed by atoms with Crippen LogP contribution in [0.1, 0.15) is 48.7 Å². The third-order valence-electron chi connectivity index (χ3n) is 3.53. The van der Waals surface area contributed by atoms with Crippen molar-refractivity contribution in [2.24, 2.45) is 0 Å². The highest BCUT2D eigenvalue weighted by Crippen LogP contribution is 2.15. The number of anilines is 1. The zero-order valence-electron chi connectivity index (χ0n) is 13.5. The number of carbonyl (C=O) groups excluding carboxylic acids is 2. The molecule has 0 spiro atoms. The molecule has 0 bridgehead atoms. The van der Waals surface area contributed by atoms with Gasteiger partial charge in [0.05, 0.1) is 6.04 Å². The van der Waals surface area contributed by atoms with E-state index in [-0.39, 0.29) is 17.9 Å². The molecule has 0 aliphatic rings. The largest absolute Gasteiger partial charge is 0.346 e. The molecule has 1 unspecified atom stereocenters. The van der Waals surface area contributed by atoms with Gasteiger partial charge >= 0.3 is 0 Å². The Kier molecular flexibility index (Phi) is 5.92. The second-order valence-electron chi connectivity index (χ2n) is 5.48. The van der Waals surface area contributed by atoms with Crippen molar-refractivity contribution in [2.75, 3.05) is 5.32 Å². The van der Waals surface area contributed by atoms with Gasteiger partial charge in [0.1, 0.15) is 0 Å². The van der Waals surface area contributed by atoms with Crippen LogP contribution in [0.2, 0.25) is 0 Å². The number of nitrogens with one attached hydrogen (secondary N) is 2. The zero-order valence-corrected chi connectivity index (χ0v) is 13.5. The Morgan fingerprint density at radius 1 is 1.04 bits per heavy atom.